The van der Waals surface area contributed by atoms with E-state index in [0.29, 0.717) is 15.2 Å². The lowest BCUT2D eigenvalue weighted by Gasteiger charge is -1.85. The average molecular weight is 235 g/mol. The fraction of sp³-hybridized carbons (Fsp3) is 0. The number of nitrogens with zero attached hydrogens (tertiary/aromatic N) is 1. The molecular formula is C11H7ClN2S. The second kappa shape index (κ2) is 4.35. The Bertz CT molecular complexity index is 523. The molecule has 0 aliphatic carbocycles. The van der Waals surface area contributed by atoms with Crippen LogP contribution in [0.4, 0.5) is 5.13 Å². The van der Waals surface area contributed by atoms with Gasteiger partial charge in [0.1, 0.15) is 10.0 Å². The van der Waals surface area contributed by atoms with Crippen molar-refractivity contribution in [2.24, 2.45) is 0 Å². The van der Waals surface area contributed by atoms with Crippen LogP contribution in [0.3, 0.4) is 0 Å². The minimum Gasteiger partial charge on any atom is -0.375 e. The van der Waals surface area contributed by atoms with Crippen LogP contribution in [0.15, 0.2) is 30.3 Å². The molecule has 2 aromatic rings. The van der Waals surface area contributed by atoms with E-state index >= 15 is 0 Å². The highest BCUT2D eigenvalue weighted by Crippen LogP contribution is 2.24. The number of thiazole rings is 1. The molecular weight excluding hydrogens is 228 g/mol. The average Bonchev–Trinajstić information content (AvgIpc) is 2.56. The van der Waals surface area contributed by atoms with E-state index in [1.807, 2.05) is 30.3 Å². The second-order valence-corrected chi connectivity index (χ2v) is 4.42. The molecule has 0 bridgehead atoms. The first-order valence-corrected chi connectivity index (χ1v) is 5.44. The van der Waals surface area contributed by atoms with Crippen molar-refractivity contribution in [3.05, 3.63) is 45.9 Å². The van der Waals surface area contributed by atoms with Crippen LogP contribution in [0.25, 0.3) is 0 Å². The Hall–Kier alpha value is -1.50. The van der Waals surface area contributed by atoms with Crippen molar-refractivity contribution in [1.29, 1.82) is 0 Å². The molecule has 2 rings (SSSR count). The predicted octanol–water partition coefficient (Wildman–Crippen LogP) is 2.78. The zero-order chi connectivity index (χ0) is 10.7. The van der Waals surface area contributed by atoms with E-state index < -0.39 is 0 Å². The van der Waals surface area contributed by atoms with E-state index in [-0.39, 0.29) is 0 Å². The first-order chi connectivity index (χ1) is 7.25. The van der Waals surface area contributed by atoms with E-state index in [4.69, 9.17) is 17.3 Å². The minimum atomic E-state index is 0.442. The van der Waals surface area contributed by atoms with Crippen LogP contribution < -0.4 is 5.73 Å². The number of aromatic nitrogens is 1. The van der Waals surface area contributed by atoms with Crippen molar-refractivity contribution in [3.63, 3.8) is 0 Å². The minimum absolute atomic E-state index is 0.442. The third-order valence-corrected chi connectivity index (χ3v) is 2.78. The third-order valence-electron chi connectivity index (χ3n) is 1.70. The summed E-state index contributed by atoms with van der Waals surface area (Å²) in [5.41, 5.74) is 6.98. The van der Waals surface area contributed by atoms with Gasteiger partial charge in [-0.1, -0.05) is 47.1 Å². The zero-order valence-electron chi connectivity index (χ0n) is 7.70. The molecule has 1 heterocycles. The molecule has 15 heavy (non-hydrogen) atoms. The monoisotopic (exact) mass is 234 g/mol. The third kappa shape index (κ3) is 2.50. The van der Waals surface area contributed by atoms with Crippen LogP contribution in [0.5, 0.6) is 0 Å². The summed E-state index contributed by atoms with van der Waals surface area (Å²) in [6.07, 6.45) is 0. The van der Waals surface area contributed by atoms with Gasteiger partial charge in [0.2, 0.25) is 0 Å². The molecule has 0 atom stereocenters. The van der Waals surface area contributed by atoms with Gasteiger partial charge < -0.3 is 5.73 Å². The summed E-state index contributed by atoms with van der Waals surface area (Å²) in [5.74, 6) is 5.86. The Balaban J connectivity index is 2.30. The van der Waals surface area contributed by atoms with Gasteiger partial charge in [0.15, 0.2) is 5.13 Å². The molecule has 0 aliphatic heterocycles. The van der Waals surface area contributed by atoms with E-state index in [2.05, 4.69) is 16.8 Å². The maximum Gasteiger partial charge on any atom is 0.182 e. The van der Waals surface area contributed by atoms with Crippen molar-refractivity contribution < 1.29 is 0 Å². The number of nitrogens with two attached hydrogens (primary N) is 1. The summed E-state index contributed by atoms with van der Waals surface area (Å²) in [6, 6.07) is 9.66. The zero-order valence-corrected chi connectivity index (χ0v) is 9.27. The molecule has 0 spiro atoms. The molecule has 0 radical (unpaired) electrons. The smallest absolute Gasteiger partial charge is 0.182 e. The molecule has 1 aromatic heterocycles. The lowest BCUT2D eigenvalue weighted by atomic mass is 10.2. The van der Waals surface area contributed by atoms with Crippen LogP contribution >= 0.6 is 22.9 Å². The van der Waals surface area contributed by atoms with Crippen molar-refractivity contribution in [1.82, 2.24) is 4.98 Å². The van der Waals surface area contributed by atoms with Gasteiger partial charge in [-0.05, 0) is 18.1 Å². The number of hydrogen-bond donors (Lipinski definition) is 1. The van der Waals surface area contributed by atoms with Crippen LogP contribution in [0.1, 0.15) is 11.3 Å². The van der Waals surface area contributed by atoms with Gasteiger partial charge in [0.05, 0.1) is 0 Å². The Morgan fingerprint density at radius 2 is 1.93 bits per heavy atom. The highest BCUT2D eigenvalue weighted by molar-refractivity contribution is 7.19. The fourth-order valence-corrected chi connectivity index (χ4v) is 1.89. The fourth-order valence-electron chi connectivity index (χ4n) is 1.05. The Morgan fingerprint density at radius 3 is 2.53 bits per heavy atom. The van der Waals surface area contributed by atoms with Crippen LogP contribution in [0, 0.1) is 11.8 Å². The molecule has 0 saturated carbocycles. The Morgan fingerprint density at radius 1 is 1.20 bits per heavy atom. The largest absolute Gasteiger partial charge is 0.375 e. The molecule has 1 aromatic carbocycles. The molecule has 0 fully saturated rings. The lowest BCUT2D eigenvalue weighted by molar-refractivity contribution is 1.38. The molecule has 74 valence electrons. The van der Waals surface area contributed by atoms with Crippen molar-refractivity contribution >= 4 is 28.1 Å². The summed E-state index contributed by atoms with van der Waals surface area (Å²) in [6.45, 7) is 0. The summed E-state index contributed by atoms with van der Waals surface area (Å²) < 4.78 is 0.538. The first-order valence-electron chi connectivity index (χ1n) is 4.24. The molecule has 0 unspecified atom stereocenters. The molecule has 0 saturated heterocycles. The first kappa shape index (κ1) is 10.0. The molecule has 4 heteroatoms. The Kier molecular flexibility index (Phi) is 2.91. The van der Waals surface area contributed by atoms with Gasteiger partial charge in [-0.2, -0.15) is 0 Å². The normalized spacial score (nSPS) is 9.40. The van der Waals surface area contributed by atoms with Crippen LogP contribution in [-0.4, -0.2) is 4.98 Å². The summed E-state index contributed by atoms with van der Waals surface area (Å²) in [5, 5.41) is 0.442. The van der Waals surface area contributed by atoms with E-state index in [1.54, 1.807) is 0 Å². The van der Waals surface area contributed by atoms with E-state index in [9.17, 15) is 0 Å². The highest BCUT2D eigenvalue weighted by atomic mass is 35.5. The summed E-state index contributed by atoms with van der Waals surface area (Å²) in [7, 11) is 0. The summed E-state index contributed by atoms with van der Waals surface area (Å²) >= 11 is 7.12. The standard InChI is InChI=1S/C11H7ClN2S/c12-10-9(14-11(13)15-10)7-6-8-4-2-1-3-5-8/h1-5H,(H2,13,14). The molecule has 0 amide bonds. The molecule has 2 N–H and O–H groups in total. The molecule has 0 aliphatic rings. The van der Waals surface area contributed by atoms with Crippen LogP contribution in [0.2, 0.25) is 4.34 Å². The number of rotatable bonds is 0. The van der Waals surface area contributed by atoms with Gasteiger partial charge in [-0.15, -0.1) is 0 Å². The van der Waals surface area contributed by atoms with Crippen molar-refractivity contribution in [2.45, 2.75) is 0 Å². The number of halogens is 1. The van der Waals surface area contributed by atoms with Gasteiger partial charge in [0.25, 0.3) is 0 Å². The predicted molar refractivity (Wildman–Crippen MR) is 64.0 cm³/mol. The Labute approximate surface area is 96.7 Å². The lowest BCUT2D eigenvalue weighted by Crippen LogP contribution is -1.82. The number of hydrogen-bond acceptors (Lipinski definition) is 3. The van der Waals surface area contributed by atoms with Gasteiger partial charge >= 0.3 is 0 Å². The topological polar surface area (TPSA) is 38.9 Å². The van der Waals surface area contributed by atoms with Gasteiger partial charge in [-0.25, -0.2) is 4.98 Å². The van der Waals surface area contributed by atoms with Gasteiger partial charge in [0, 0.05) is 5.56 Å². The van der Waals surface area contributed by atoms with Crippen molar-refractivity contribution in [3.8, 4) is 11.8 Å². The van der Waals surface area contributed by atoms with E-state index in [1.165, 1.54) is 11.3 Å². The summed E-state index contributed by atoms with van der Waals surface area (Å²) in [4.78, 5) is 4.02. The highest BCUT2D eigenvalue weighted by Gasteiger charge is 2.03. The number of nitrogen functional groups attached to an aromatic ring is 1. The van der Waals surface area contributed by atoms with Crippen LogP contribution in [-0.2, 0) is 0 Å². The van der Waals surface area contributed by atoms with Gasteiger partial charge in [-0.3, -0.25) is 0 Å². The second-order valence-electron chi connectivity index (χ2n) is 2.79. The van der Waals surface area contributed by atoms with E-state index in [0.717, 1.165) is 5.56 Å². The number of anilines is 1. The quantitative estimate of drug-likeness (QED) is 0.712. The maximum absolute atomic E-state index is 5.88. The molecule has 2 nitrogen and oxygen atoms in total. The maximum atomic E-state index is 5.88. The SMILES string of the molecule is Nc1nc(C#Cc2ccccc2)c(Cl)s1. The number of benzene rings is 1. The van der Waals surface area contributed by atoms with Crippen molar-refractivity contribution in [2.75, 3.05) is 5.73 Å².